The lowest BCUT2D eigenvalue weighted by Crippen LogP contribution is -2.40. The molecule has 0 aromatic heterocycles. The molecule has 3 rings (SSSR count). The second-order valence-electron chi connectivity index (χ2n) is 7.33. The van der Waals surface area contributed by atoms with Crippen molar-refractivity contribution in [3.63, 3.8) is 0 Å². The Bertz CT molecular complexity index is 848. The number of nitrogens with zero attached hydrogens (tertiary/aromatic N) is 1. The molecule has 5 nitrogen and oxygen atoms in total. The lowest BCUT2D eigenvalue weighted by molar-refractivity contribution is 0.284. The Kier molecular flexibility index (Phi) is 7.87. The molecule has 0 saturated heterocycles. The molecular weight excluding hydrogens is 382 g/mol. The van der Waals surface area contributed by atoms with Crippen molar-refractivity contribution in [3.05, 3.63) is 59.2 Å². The maximum atomic E-state index is 6.09. The van der Waals surface area contributed by atoms with Crippen molar-refractivity contribution in [2.45, 2.75) is 51.7 Å². The average Bonchev–Trinajstić information content (AvgIpc) is 2.73. The minimum Gasteiger partial charge on any atom is -0.493 e. The summed E-state index contributed by atoms with van der Waals surface area (Å²) in [5.74, 6) is 1.33. The van der Waals surface area contributed by atoms with E-state index in [-0.39, 0.29) is 0 Å². The highest BCUT2D eigenvalue weighted by molar-refractivity contribution is 7.80. The molecule has 2 aromatic rings. The van der Waals surface area contributed by atoms with Gasteiger partial charge in [0.1, 0.15) is 6.61 Å². The molecule has 0 heterocycles. The quantitative estimate of drug-likeness (QED) is 0.392. The van der Waals surface area contributed by atoms with Crippen LogP contribution in [0, 0.1) is 6.92 Å². The molecule has 154 valence electrons. The van der Waals surface area contributed by atoms with Crippen LogP contribution in [0.5, 0.6) is 11.5 Å². The SMILES string of the molecule is COc1cccc(/C=N\NC(=S)NC2CCCCC2)c1OCc1cccc(C)c1. The van der Waals surface area contributed by atoms with Crippen molar-refractivity contribution in [1.82, 2.24) is 10.7 Å². The molecule has 0 unspecified atom stereocenters. The fourth-order valence-electron chi connectivity index (χ4n) is 3.53. The van der Waals surface area contributed by atoms with Gasteiger partial charge in [-0.1, -0.05) is 55.2 Å². The molecule has 1 aliphatic carbocycles. The third kappa shape index (κ3) is 6.46. The number of hydrazone groups is 1. The highest BCUT2D eigenvalue weighted by atomic mass is 32.1. The Morgan fingerprint density at radius 3 is 2.72 bits per heavy atom. The van der Waals surface area contributed by atoms with Crippen LogP contribution in [-0.4, -0.2) is 24.5 Å². The highest BCUT2D eigenvalue weighted by Crippen LogP contribution is 2.31. The smallest absolute Gasteiger partial charge is 0.187 e. The first kappa shape index (κ1) is 21.1. The van der Waals surface area contributed by atoms with Crippen molar-refractivity contribution in [2.24, 2.45) is 5.10 Å². The third-order valence-corrected chi connectivity index (χ3v) is 5.21. The number of hydrogen-bond donors (Lipinski definition) is 2. The van der Waals surface area contributed by atoms with Crippen molar-refractivity contribution < 1.29 is 9.47 Å². The number of thiocarbonyl (C=S) groups is 1. The van der Waals surface area contributed by atoms with Gasteiger partial charge in [0.15, 0.2) is 16.6 Å². The van der Waals surface area contributed by atoms with Crippen LogP contribution in [-0.2, 0) is 6.61 Å². The summed E-state index contributed by atoms with van der Waals surface area (Å²) in [6.45, 7) is 2.53. The molecular formula is C23H29N3O2S. The molecule has 1 saturated carbocycles. The van der Waals surface area contributed by atoms with Gasteiger partial charge in [-0.2, -0.15) is 5.10 Å². The Morgan fingerprint density at radius 1 is 1.17 bits per heavy atom. The van der Waals surface area contributed by atoms with Gasteiger partial charge >= 0.3 is 0 Å². The summed E-state index contributed by atoms with van der Waals surface area (Å²) in [5.41, 5.74) is 6.05. The van der Waals surface area contributed by atoms with E-state index < -0.39 is 0 Å². The van der Waals surface area contributed by atoms with E-state index in [2.05, 4.69) is 34.9 Å². The third-order valence-electron chi connectivity index (χ3n) is 5.01. The summed E-state index contributed by atoms with van der Waals surface area (Å²) in [4.78, 5) is 0. The number of methoxy groups -OCH3 is 1. The van der Waals surface area contributed by atoms with E-state index in [1.165, 1.54) is 37.7 Å². The Labute approximate surface area is 178 Å². The maximum Gasteiger partial charge on any atom is 0.187 e. The van der Waals surface area contributed by atoms with Crippen molar-refractivity contribution in [1.29, 1.82) is 0 Å². The van der Waals surface area contributed by atoms with Crippen LogP contribution in [0.2, 0.25) is 0 Å². The lowest BCUT2D eigenvalue weighted by atomic mass is 9.96. The average molecular weight is 412 g/mol. The fraction of sp³-hybridized carbons (Fsp3) is 0.391. The molecule has 6 heteroatoms. The molecule has 2 aromatic carbocycles. The number of hydrogen-bond acceptors (Lipinski definition) is 4. The first-order valence-electron chi connectivity index (χ1n) is 10.1. The zero-order valence-electron chi connectivity index (χ0n) is 17.1. The van der Waals surface area contributed by atoms with Gasteiger partial charge in [0.05, 0.1) is 13.3 Å². The maximum absolute atomic E-state index is 6.09. The topological polar surface area (TPSA) is 54.9 Å². The molecule has 1 fully saturated rings. The van der Waals surface area contributed by atoms with Crippen molar-refractivity contribution in [3.8, 4) is 11.5 Å². The summed E-state index contributed by atoms with van der Waals surface area (Å²) in [7, 11) is 1.64. The van der Waals surface area contributed by atoms with E-state index >= 15 is 0 Å². The number of nitrogens with one attached hydrogen (secondary N) is 2. The second kappa shape index (κ2) is 10.8. The van der Waals surface area contributed by atoms with Gasteiger partial charge in [-0.25, -0.2) is 0 Å². The van der Waals surface area contributed by atoms with E-state index in [1.807, 2.05) is 30.3 Å². The predicted octanol–water partition coefficient (Wildman–Crippen LogP) is 4.71. The van der Waals surface area contributed by atoms with Crippen LogP contribution in [0.1, 0.15) is 48.8 Å². The van der Waals surface area contributed by atoms with Crippen LogP contribution in [0.4, 0.5) is 0 Å². The monoisotopic (exact) mass is 411 g/mol. The first-order chi connectivity index (χ1) is 14.2. The summed E-state index contributed by atoms with van der Waals surface area (Å²) in [6, 6.07) is 14.4. The molecule has 0 spiro atoms. The summed E-state index contributed by atoms with van der Waals surface area (Å²) in [6.07, 6.45) is 7.88. The molecule has 0 radical (unpaired) electrons. The largest absolute Gasteiger partial charge is 0.493 e. The molecule has 0 bridgehead atoms. The molecule has 0 atom stereocenters. The summed E-state index contributed by atoms with van der Waals surface area (Å²) in [5, 5.41) is 8.20. The zero-order chi connectivity index (χ0) is 20.5. The second-order valence-corrected chi connectivity index (χ2v) is 7.74. The van der Waals surface area contributed by atoms with E-state index in [4.69, 9.17) is 21.7 Å². The van der Waals surface area contributed by atoms with Crippen LogP contribution in [0.25, 0.3) is 0 Å². The molecule has 2 N–H and O–H groups in total. The Morgan fingerprint density at radius 2 is 1.97 bits per heavy atom. The van der Waals surface area contributed by atoms with E-state index in [1.54, 1.807) is 13.3 Å². The van der Waals surface area contributed by atoms with Gasteiger partial charge in [0.2, 0.25) is 0 Å². The van der Waals surface area contributed by atoms with Gasteiger partial charge in [-0.05, 0) is 49.7 Å². The van der Waals surface area contributed by atoms with Crippen LogP contribution in [0.3, 0.4) is 0 Å². The molecule has 1 aliphatic rings. The standard InChI is InChI=1S/C23H29N3O2S/c1-17-8-6-9-18(14-17)16-28-22-19(10-7-13-21(22)27-2)15-24-26-23(29)25-20-11-4-3-5-12-20/h6-10,13-15,20H,3-5,11-12,16H2,1-2H3,(H2,25,26,29)/b24-15-. The highest BCUT2D eigenvalue weighted by Gasteiger charge is 2.14. The number of para-hydroxylation sites is 1. The van der Waals surface area contributed by atoms with E-state index in [9.17, 15) is 0 Å². The van der Waals surface area contributed by atoms with Gasteiger partial charge in [0.25, 0.3) is 0 Å². The molecule has 29 heavy (non-hydrogen) atoms. The van der Waals surface area contributed by atoms with Crippen LogP contribution >= 0.6 is 12.2 Å². The zero-order valence-corrected chi connectivity index (χ0v) is 17.9. The number of ether oxygens (including phenoxy) is 2. The Balaban J connectivity index is 1.63. The Hall–Kier alpha value is -2.60. The van der Waals surface area contributed by atoms with Crippen LogP contribution in [0.15, 0.2) is 47.6 Å². The summed E-state index contributed by atoms with van der Waals surface area (Å²) < 4.78 is 11.6. The van der Waals surface area contributed by atoms with E-state index in [0.717, 1.165) is 11.1 Å². The van der Waals surface area contributed by atoms with Gasteiger partial charge in [0, 0.05) is 11.6 Å². The molecule has 0 aliphatic heterocycles. The minimum absolute atomic E-state index is 0.448. The molecule has 0 amide bonds. The minimum atomic E-state index is 0.448. The number of rotatable bonds is 7. The van der Waals surface area contributed by atoms with Gasteiger partial charge in [-0.3, -0.25) is 5.43 Å². The van der Waals surface area contributed by atoms with Gasteiger partial charge < -0.3 is 14.8 Å². The van der Waals surface area contributed by atoms with Crippen LogP contribution < -0.4 is 20.2 Å². The lowest BCUT2D eigenvalue weighted by Gasteiger charge is -2.23. The predicted molar refractivity (Wildman–Crippen MR) is 122 cm³/mol. The van der Waals surface area contributed by atoms with Crippen molar-refractivity contribution in [2.75, 3.05) is 7.11 Å². The fourth-order valence-corrected chi connectivity index (χ4v) is 3.75. The number of benzene rings is 2. The summed E-state index contributed by atoms with van der Waals surface area (Å²) >= 11 is 5.37. The van der Waals surface area contributed by atoms with Gasteiger partial charge in [-0.15, -0.1) is 0 Å². The van der Waals surface area contributed by atoms with Crippen molar-refractivity contribution >= 4 is 23.5 Å². The normalized spacial score (nSPS) is 14.6. The van der Waals surface area contributed by atoms with E-state index in [0.29, 0.717) is 29.3 Å². The first-order valence-corrected chi connectivity index (χ1v) is 10.5. The number of aryl methyl sites for hydroxylation is 1.